The molecule has 20 heavy (non-hydrogen) atoms. The molecule has 2 rings (SSSR count). The molecule has 0 saturated carbocycles. The highest BCUT2D eigenvalue weighted by molar-refractivity contribution is 7.11. The van der Waals surface area contributed by atoms with E-state index in [1.807, 2.05) is 0 Å². The van der Waals surface area contributed by atoms with E-state index in [1.165, 1.54) is 10.3 Å². The Hall–Kier alpha value is -1.96. The Morgan fingerprint density at radius 1 is 1.60 bits per heavy atom. The summed E-state index contributed by atoms with van der Waals surface area (Å²) >= 11 is 1.06. The second-order valence-corrected chi connectivity index (χ2v) is 5.08. The lowest BCUT2D eigenvalue weighted by molar-refractivity contribution is -0.127. The molecule has 1 aromatic heterocycles. The number of nitrogens with zero attached hydrogens (tertiary/aromatic N) is 2. The Kier molecular flexibility index (Phi) is 4.33. The largest absolute Gasteiger partial charge is 0.461 e. The van der Waals surface area contributed by atoms with Crippen LogP contribution in [-0.2, 0) is 9.53 Å². The lowest BCUT2D eigenvalue weighted by Gasteiger charge is -2.32. The average molecular weight is 297 g/mol. The second kappa shape index (κ2) is 6.00. The number of nitrogens with one attached hydrogen (secondary N) is 1. The van der Waals surface area contributed by atoms with Crippen molar-refractivity contribution < 1.29 is 19.1 Å². The topological polar surface area (TPSA) is 88.6 Å². The van der Waals surface area contributed by atoms with Crippen LogP contribution in [0.2, 0.25) is 0 Å². The van der Waals surface area contributed by atoms with Crippen molar-refractivity contribution in [2.24, 2.45) is 0 Å². The maximum Gasteiger partial charge on any atom is 0.367 e. The van der Waals surface area contributed by atoms with Crippen LogP contribution < -0.4 is 5.32 Å². The minimum Gasteiger partial charge on any atom is -0.461 e. The van der Waals surface area contributed by atoms with Gasteiger partial charge in [0.15, 0.2) is 0 Å². The fourth-order valence-electron chi connectivity index (χ4n) is 1.87. The summed E-state index contributed by atoms with van der Waals surface area (Å²) in [6.07, 6.45) is 0. The van der Waals surface area contributed by atoms with Gasteiger partial charge in [-0.25, -0.2) is 9.78 Å². The summed E-state index contributed by atoms with van der Waals surface area (Å²) in [4.78, 5) is 40.8. The van der Waals surface area contributed by atoms with Gasteiger partial charge in [-0.3, -0.25) is 9.59 Å². The zero-order valence-electron chi connectivity index (χ0n) is 11.2. The second-order valence-electron chi connectivity index (χ2n) is 4.22. The van der Waals surface area contributed by atoms with Gasteiger partial charge in [-0.05, 0) is 13.8 Å². The van der Waals surface area contributed by atoms with E-state index in [0.717, 1.165) is 11.3 Å². The van der Waals surface area contributed by atoms with Crippen LogP contribution in [0.4, 0.5) is 0 Å². The summed E-state index contributed by atoms with van der Waals surface area (Å²) in [7, 11) is 0. The Morgan fingerprint density at radius 3 is 3.05 bits per heavy atom. The first-order chi connectivity index (χ1) is 9.54. The van der Waals surface area contributed by atoms with Crippen LogP contribution in [0.3, 0.4) is 0 Å². The molecule has 0 aromatic carbocycles. The monoisotopic (exact) mass is 297 g/mol. The summed E-state index contributed by atoms with van der Waals surface area (Å²) in [6.45, 7) is 4.46. The third-order valence-corrected chi connectivity index (χ3v) is 3.76. The number of piperazine rings is 1. The van der Waals surface area contributed by atoms with E-state index in [1.54, 1.807) is 13.8 Å². The van der Waals surface area contributed by atoms with Crippen molar-refractivity contribution in [3.05, 3.63) is 16.1 Å². The summed E-state index contributed by atoms with van der Waals surface area (Å²) in [5, 5.41) is 4.33. The molecule has 8 heteroatoms. The Labute approximate surface area is 119 Å². The molecule has 1 unspecified atom stereocenters. The predicted octanol–water partition coefficient (Wildman–Crippen LogP) is 0.280. The highest BCUT2D eigenvalue weighted by Crippen LogP contribution is 2.15. The molecule has 2 heterocycles. The van der Waals surface area contributed by atoms with Gasteiger partial charge in [0.05, 0.1) is 6.61 Å². The minimum absolute atomic E-state index is 0.143. The minimum atomic E-state index is -0.541. The van der Waals surface area contributed by atoms with Crippen LogP contribution in [-0.4, -0.2) is 53.4 Å². The van der Waals surface area contributed by atoms with Crippen LogP contribution in [0.15, 0.2) is 5.38 Å². The van der Waals surface area contributed by atoms with Crippen molar-refractivity contribution in [1.82, 2.24) is 15.2 Å². The smallest absolute Gasteiger partial charge is 0.367 e. The first-order valence-corrected chi connectivity index (χ1v) is 7.14. The molecule has 0 radical (unpaired) electrons. The number of hydrogen-bond donors (Lipinski definition) is 1. The maximum atomic E-state index is 12.3. The van der Waals surface area contributed by atoms with Crippen LogP contribution >= 0.6 is 11.3 Å². The first-order valence-electron chi connectivity index (χ1n) is 6.26. The SMILES string of the molecule is CCOC(=O)c1nc(C(=O)N2CCNC(=O)C2C)cs1. The number of aromatic nitrogens is 1. The lowest BCUT2D eigenvalue weighted by Crippen LogP contribution is -2.55. The van der Waals surface area contributed by atoms with Crippen molar-refractivity contribution in [2.45, 2.75) is 19.9 Å². The fourth-order valence-corrected chi connectivity index (χ4v) is 2.55. The van der Waals surface area contributed by atoms with Gasteiger partial charge in [-0.2, -0.15) is 0 Å². The van der Waals surface area contributed by atoms with E-state index in [0.29, 0.717) is 13.1 Å². The highest BCUT2D eigenvalue weighted by Gasteiger charge is 2.31. The van der Waals surface area contributed by atoms with Gasteiger partial charge in [-0.15, -0.1) is 11.3 Å². The van der Waals surface area contributed by atoms with Crippen molar-refractivity contribution in [1.29, 1.82) is 0 Å². The molecule has 7 nitrogen and oxygen atoms in total. The van der Waals surface area contributed by atoms with Crippen LogP contribution in [0, 0.1) is 0 Å². The maximum absolute atomic E-state index is 12.3. The predicted molar refractivity (Wildman–Crippen MR) is 71.6 cm³/mol. The van der Waals surface area contributed by atoms with E-state index in [4.69, 9.17) is 4.74 Å². The third-order valence-electron chi connectivity index (χ3n) is 2.93. The number of thiazole rings is 1. The molecule has 2 amide bonds. The number of hydrogen-bond acceptors (Lipinski definition) is 6. The number of rotatable bonds is 3. The van der Waals surface area contributed by atoms with E-state index in [2.05, 4.69) is 10.3 Å². The molecule has 0 aliphatic carbocycles. The number of ether oxygens (including phenoxy) is 1. The number of carbonyl (C=O) groups is 3. The highest BCUT2D eigenvalue weighted by atomic mass is 32.1. The van der Waals surface area contributed by atoms with Gasteiger partial charge < -0.3 is 15.0 Å². The normalized spacial score (nSPS) is 18.6. The van der Waals surface area contributed by atoms with Gasteiger partial charge in [0.2, 0.25) is 10.9 Å². The third kappa shape index (κ3) is 2.79. The van der Waals surface area contributed by atoms with Gasteiger partial charge in [0.25, 0.3) is 5.91 Å². The number of esters is 1. The molecule has 0 bridgehead atoms. The zero-order valence-corrected chi connectivity index (χ0v) is 12.0. The molecule has 108 valence electrons. The van der Waals surface area contributed by atoms with Crippen molar-refractivity contribution in [3.63, 3.8) is 0 Å². The van der Waals surface area contributed by atoms with Crippen LogP contribution in [0.1, 0.15) is 34.1 Å². The molecule has 0 spiro atoms. The molecular formula is C12H15N3O4S. The van der Waals surface area contributed by atoms with Crippen LogP contribution in [0.25, 0.3) is 0 Å². The fraction of sp³-hybridized carbons (Fsp3) is 0.500. The molecular weight excluding hydrogens is 282 g/mol. The van der Waals surface area contributed by atoms with E-state index >= 15 is 0 Å². The van der Waals surface area contributed by atoms with Crippen molar-refractivity contribution in [2.75, 3.05) is 19.7 Å². The number of carbonyl (C=O) groups excluding carboxylic acids is 3. The van der Waals surface area contributed by atoms with Gasteiger partial charge in [0, 0.05) is 18.5 Å². The quantitative estimate of drug-likeness (QED) is 0.810. The molecule has 1 aliphatic heterocycles. The van der Waals surface area contributed by atoms with E-state index < -0.39 is 12.0 Å². The molecule has 1 N–H and O–H groups in total. The van der Waals surface area contributed by atoms with Gasteiger partial charge in [0.1, 0.15) is 11.7 Å². The average Bonchev–Trinajstić information content (AvgIpc) is 2.91. The van der Waals surface area contributed by atoms with Gasteiger partial charge >= 0.3 is 5.97 Å². The van der Waals surface area contributed by atoms with Crippen molar-refractivity contribution in [3.8, 4) is 0 Å². The summed E-state index contributed by atoms with van der Waals surface area (Å²) in [6, 6.07) is -0.538. The Bertz CT molecular complexity index is 543. The molecule has 1 aliphatic rings. The summed E-state index contributed by atoms with van der Waals surface area (Å²) in [5.41, 5.74) is 0.166. The lowest BCUT2D eigenvalue weighted by atomic mass is 10.2. The summed E-state index contributed by atoms with van der Waals surface area (Å²) in [5.74, 6) is -1.08. The molecule has 1 aromatic rings. The standard InChI is InChI=1S/C12H15N3O4S/c1-3-19-12(18)10-14-8(6-20-10)11(17)15-5-4-13-9(16)7(15)2/h6-7H,3-5H2,1-2H3,(H,13,16). The summed E-state index contributed by atoms with van der Waals surface area (Å²) < 4.78 is 4.82. The zero-order chi connectivity index (χ0) is 14.7. The molecule has 1 saturated heterocycles. The first kappa shape index (κ1) is 14.4. The van der Waals surface area contributed by atoms with E-state index in [9.17, 15) is 14.4 Å². The number of amides is 2. The Morgan fingerprint density at radius 2 is 2.35 bits per heavy atom. The van der Waals surface area contributed by atoms with Crippen molar-refractivity contribution >= 4 is 29.1 Å². The van der Waals surface area contributed by atoms with E-state index in [-0.39, 0.29) is 29.1 Å². The Balaban J connectivity index is 2.13. The molecule has 1 atom stereocenters. The molecule has 1 fully saturated rings. The van der Waals surface area contributed by atoms with Crippen LogP contribution in [0.5, 0.6) is 0 Å². The van der Waals surface area contributed by atoms with Gasteiger partial charge in [-0.1, -0.05) is 0 Å².